The van der Waals surface area contributed by atoms with Gasteiger partial charge in [0.05, 0.1) is 0 Å². The van der Waals surface area contributed by atoms with Gasteiger partial charge in [-0.3, -0.25) is 0 Å². The van der Waals surface area contributed by atoms with Crippen LogP contribution in [0.15, 0.2) is 54.6 Å². The van der Waals surface area contributed by atoms with Crippen LogP contribution in [0.4, 0.5) is 11.4 Å². The fraction of sp³-hybridized carbons (Fsp3) is 0.111. The van der Waals surface area contributed by atoms with Crippen molar-refractivity contribution >= 4 is 22.1 Å². The van der Waals surface area contributed by atoms with E-state index in [0.717, 1.165) is 6.42 Å². The van der Waals surface area contributed by atoms with Gasteiger partial charge in [-0.1, -0.05) is 42.5 Å². The van der Waals surface area contributed by atoms with E-state index >= 15 is 0 Å². The molecule has 0 saturated carbocycles. The second-order valence-corrected chi connectivity index (χ2v) is 5.22. The van der Waals surface area contributed by atoms with Crippen LogP contribution in [-0.2, 0) is 6.42 Å². The van der Waals surface area contributed by atoms with Crippen molar-refractivity contribution in [3.8, 4) is 0 Å². The van der Waals surface area contributed by atoms with Crippen LogP contribution >= 0.6 is 0 Å². The Morgan fingerprint density at radius 3 is 2.68 bits per heavy atom. The minimum Gasteiger partial charge on any atom is -0.355 e. The number of benzene rings is 3. The third kappa shape index (κ3) is 1.55. The van der Waals surface area contributed by atoms with Gasteiger partial charge in [-0.25, -0.2) is 0 Å². The summed E-state index contributed by atoms with van der Waals surface area (Å²) in [6.45, 7) is 2.20. The molecule has 3 aromatic carbocycles. The lowest BCUT2D eigenvalue weighted by atomic mass is 9.91. The summed E-state index contributed by atoms with van der Waals surface area (Å²) < 4.78 is 0. The van der Waals surface area contributed by atoms with E-state index in [1.165, 1.54) is 38.8 Å². The predicted molar refractivity (Wildman–Crippen MR) is 81.2 cm³/mol. The zero-order valence-corrected chi connectivity index (χ0v) is 10.9. The first kappa shape index (κ1) is 10.6. The normalized spacial score (nSPS) is 12.7. The highest BCUT2D eigenvalue weighted by molar-refractivity contribution is 5.95. The molecule has 0 fully saturated rings. The number of aryl methyl sites for hydroxylation is 1. The monoisotopic (exact) mass is 245 g/mol. The van der Waals surface area contributed by atoms with E-state index in [0.29, 0.717) is 0 Å². The number of anilines is 2. The lowest BCUT2D eigenvalue weighted by Gasteiger charge is -2.23. The lowest BCUT2D eigenvalue weighted by Crippen LogP contribution is -2.07. The number of rotatable bonds is 0. The molecule has 0 radical (unpaired) electrons. The summed E-state index contributed by atoms with van der Waals surface area (Å²) in [6, 6.07) is 19.5. The molecule has 1 aliphatic heterocycles. The maximum atomic E-state index is 3.56. The largest absolute Gasteiger partial charge is 0.355 e. The van der Waals surface area contributed by atoms with Gasteiger partial charge < -0.3 is 5.32 Å². The molecule has 1 heteroatoms. The Hall–Kier alpha value is -2.28. The highest BCUT2D eigenvalue weighted by atomic mass is 14.9. The predicted octanol–water partition coefficient (Wildman–Crippen LogP) is 4.80. The Bertz CT molecular complexity index is 787. The van der Waals surface area contributed by atoms with Gasteiger partial charge in [-0.15, -0.1) is 0 Å². The number of hydrogen-bond acceptors (Lipinski definition) is 1. The first-order valence-electron chi connectivity index (χ1n) is 6.69. The molecule has 4 rings (SSSR count). The number of para-hydroxylation sites is 1. The summed E-state index contributed by atoms with van der Waals surface area (Å²) in [5.41, 5.74) is 6.65. The van der Waals surface area contributed by atoms with Gasteiger partial charge in [0, 0.05) is 17.8 Å². The molecule has 0 saturated heterocycles. The Balaban J connectivity index is 2.01. The molecule has 1 nitrogen and oxygen atoms in total. The molecule has 0 unspecified atom stereocenters. The summed E-state index contributed by atoms with van der Waals surface area (Å²) in [6.07, 6.45) is 1.01. The first-order valence-corrected chi connectivity index (χ1v) is 6.69. The van der Waals surface area contributed by atoms with E-state index in [1.807, 2.05) is 0 Å². The Kier molecular flexibility index (Phi) is 2.16. The number of fused-ring (bicyclic) bond motifs is 4. The molecular weight excluding hydrogens is 230 g/mol. The highest BCUT2D eigenvalue weighted by Gasteiger charge is 2.17. The summed E-state index contributed by atoms with van der Waals surface area (Å²) in [4.78, 5) is 0. The molecule has 0 bridgehead atoms. The fourth-order valence-corrected chi connectivity index (χ4v) is 3.08. The molecule has 0 aromatic heterocycles. The standard InChI is InChI=1S/C18H15N/c1-12-5-4-7-13-9-10-17-15(18(12)13)11-14-6-2-3-8-16(14)19-17/h2-10,19H,11H2,1H3. The van der Waals surface area contributed by atoms with E-state index in [9.17, 15) is 0 Å². The molecule has 3 aromatic rings. The van der Waals surface area contributed by atoms with E-state index in [2.05, 4.69) is 66.8 Å². The lowest BCUT2D eigenvalue weighted by molar-refractivity contribution is 1.17. The van der Waals surface area contributed by atoms with E-state index in [4.69, 9.17) is 0 Å². The molecule has 1 N–H and O–H groups in total. The van der Waals surface area contributed by atoms with Gasteiger partial charge in [0.25, 0.3) is 0 Å². The quantitative estimate of drug-likeness (QED) is 0.469. The molecule has 0 amide bonds. The van der Waals surface area contributed by atoms with Gasteiger partial charge in [0.15, 0.2) is 0 Å². The zero-order chi connectivity index (χ0) is 12.8. The maximum absolute atomic E-state index is 3.56. The average molecular weight is 245 g/mol. The summed E-state index contributed by atoms with van der Waals surface area (Å²) >= 11 is 0. The van der Waals surface area contributed by atoms with Gasteiger partial charge in [-0.05, 0) is 46.5 Å². The van der Waals surface area contributed by atoms with Crippen molar-refractivity contribution < 1.29 is 0 Å². The minimum absolute atomic E-state index is 1.01. The average Bonchev–Trinajstić information content (AvgIpc) is 2.45. The van der Waals surface area contributed by atoms with Crippen molar-refractivity contribution in [2.24, 2.45) is 0 Å². The Morgan fingerprint density at radius 2 is 1.74 bits per heavy atom. The minimum atomic E-state index is 1.01. The van der Waals surface area contributed by atoms with Crippen LogP contribution in [0.2, 0.25) is 0 Å². The van der Waals surface area contributed by atoms with E-state index in [1.54, 1.807) is 0 Å². The molecule has 0 spiro atoms. The zero-order valence-electron chi connectivity index (χ0n) is 10.9. The molecular formula is C18H15N. The SMILES string of the molecule is Cc1cccc2ccc3c(c12)Cc1ccccc1N3. The van der Waals surface area contributed by atoms with Crippen molar-refractivity contribution in [1.29, 1.82) is 0 Å². The van der Waals surface area contributed by atoms with Crippen molar-refractivity contribution in [1.82, 2.24) is 0 Å². The van der Waals surface area contributed by atoms with Crippen molar-refractivity contribution in [2.45, 2.75) is 13.3 Å². The third-order valence-electron chi connectivity index (χ3n) is 4.02. The van der Waals surface area contributed by atoms with Crippen LogP contribution in [0.1, 0.15) is 16.7 Å². The Labute approximate surface area is 112 Å². The summed E-state index contributed by atoms with van der Waals surface area (Å²) in [5, 5.41) is 6.30. The maximum Gasteiger partial charge on any atom is 0.0426 e. The van der Waals surface area contributed by atoms with Crippen molar-refractivity contribution in [3.05, 3.63) is 71.3 Å². The van der Waals surface area contributed by atoms with Crippen LogP contribution in [0.5, 0.6) is 0 Å². The topological polar surface area (TPSA) is 12.0 Å². The number of hydrogen-bond donors (Lipinski definition) is 1. The van der Waals surface area contributed by atoms with E-state index in [-0.39, 0.29) is 0 Å². The van der Waals surface area contributed by atoms with Crippen LogP contribution in [0.25, 0.3) is 10.8 Å². The fourth-order valence-electron chi connectivity index (χ4n) is 3.08. The van der Waals surface area contributed by atoms with Gasteiger partial charge in [0.1, 0.15) is 0 Å². The highest BCUT2D eigenvalue weighted by Crippen LogP contribution is 2.37. The third-order valence-corrected chi connectivity index (χ3v) is 4.02. The smallest absolute Gasteiger partial charge is 0.0426 e. The van der Waals surface area contributed by atoms with Crippen LogP contribution in [0, 0.1) is 6.92 Å². The van der Waals surface area contributed by atoms with Gasteiger partial charge in [-0.2, -0.15) is 0 Å². The molecule has 0 atom stereocenters. The van der Waals surface area contributed by atoms with Crippen molar-refractivity contribution in [3.63, 3.8) is 0 Å². The summed E-state index contributed by atoms with van der Waals surface area (Å²) in [5.74, 6) is 0. The molecule has 1 heterocycles. The molecule has 0 aliphatic carbocycles. The van der Waals surface area contributed by atoms with Gasteiger partial charge >= 0.3 is 0 Å². The Morgan fingerprint density at radius 1 is 0.842 bits per heavy atom. The second kappa shape index (κ2) is 3.86. The van der Waals surface area contributed by atoms with Gasteiger partial charge in [0.2, 0.25) is 0 Å². The van der Waals surface area contributed by atoms with Crippen LogP contribution < -0.4 is 5.32 Å². The summed E-state index contributed by atoms with van der Waals surface area (Å²) in [7, 11) is 0. The molecule has 19 heavy (non-hydrogen) atoms. The van der Waals surface area contributed by atoms with Crippen LogP contribution in [0.3, 0.4) is 0 Å². The van der Waals surface area contributed by atoms with E-state index < -0.39 is 0 Å². The molecule has 92 valence electrons. The van der Waals surface area contributed by atoms with Crippen LogP contribution in [-0.4, -0.2) is 0 Å². The number of nitrogens with one attached hydrogen (secondary N) is 1. The molecule has 1 aliphatic rings. The van der Waals surface area contributed by atoms with Crippen molar-refractivity contribution in [2.75, 3.05) is 5.32 Å². The first-order chi connectivity index (χ1) is 9.33. The second-order valence-electron chi connectivity index (χ2n) is 5.22.